The molecule has 0 radical (unpaired) electrons. The van der Waals surface area contributed by atoms with Gasteiger partial charge in [-0.25, -0.2) is 4.98 Å². The van der Waals surface area contributed by atoms with Crippen molar-refractivity contribution < 1.29 is 9.53 Å². The van der Waals surface area contributed by atoms with Crippen molar-refractivity contribution in [2.75, 3.05) is 26.3 Å². The van der Waals surface area contributed by atoms with Crippen LogP contribution in [0.4, 0.5) is 0 Å². The molecule has 1 saturated heterocycles. The Bertz CT molecular complexity index is 1390. The van der Waals surface area contributed by atoms with E-state index in [0.717, 1.165) is 54.2 Å². The average Bonchev–Trinajstić information content (AvgIpc) is 2.86. The molecule has 5 rings (SSSR count). The SMILES string of the molecule is O=C(c1ccc(CN2CCOCC2)cc1)c1cn(Cc2cccc(Br)n2)c2ccccc2c1=O. The van der Waals surface area contributed by atoms with Crippen LogP contribution in [-0.4, -0.2) is 46.5 Å². The molecule has 0 N–H and O–H groups in total. The van der Waals surface area contributed by atoms with Gasteiger partial charge in [0.15, 0.2) is 5.78 Å². The largest absolute Gasteiger partial charge is 0.379 e. The first kappa shape index (κ1) is 22.7. The van der Waals surface area contributed by atoms with Crippen molar-refractivity contribution in [2.45, 2.75) is 13.1 Å². The number of pyridine rings is 2. The quantitative estimate of drug-likeness (QED) is 0.282. The third kappa shape index (κ3) is 4.87. The highest BCUT2D eigenvalue weighted by molar-refractivity contribution is 9.10. The molecule has 2 aromatic carbocycles. The van der Waals surface area contributed by atoms with Crippen LogP contribution in [0.3, 0.4) is 0 Å². The monoisotopic (exact) mass is 517 g/mol. The first-order valence-electron chi connectivity index (χ1n) is 11.3. The van der Waals surface area contributed by atoms with Gasteiger partial charge >= 0.3 is 0 Å². The van der Waals surface area contributed by atoms with Gasteiger partial charge in [-0.1, -0.05) is 42.5 Å². The molecule has 0 aliphatic carbocycles. The molecule has 0 saturated carbocycles. The molecule has 0 amide bonds. The van der Waals surface area contributed by atoms with Gasteiger partial charge in [0, 0.05) is 36.8 Å². The van der Waals surface area contributed by atoms with Gasteiger partial charge < -0.3 is 9.30 Å². The summed E-state index contributed by atoms with van der Waals surface area (Å²) in [6, 6.07) is 20.6. The van der Waals surface area contributed by atoms with Gasteiger partial charge in [0.1, 0.15) is 4.60 Å². The Balaban J connectivity index is 1.47. The van der Waals surface area contributed by atoms with E-state index in [1.165, 1.54) is 0 Å². The summed E-state index contributed by atoms with van der Waals surface area (Å²) >= 11 is 3.41. The number of aromatic nitrogens is 2. The average molecular weight is 518 g/mol. The van der Waals surface area contributed by atoms with Crippen molar-refractivity contribution in [3.63, 3.8) is 0 Å². The third-order valence-corrected chi connectivity index (χ3v) is 6.51. The van der Waals surface area contributed by atoms with Crippen LogP contribution in [0.5, 0.6) is 0 Å². The van der Waals surface area contributed by atoms with Crippen molar-refractivity contribution in [1.82, 2.24) is 14.5 Å². The van der Waals surface area contributed by atoms with Gasteiger partial charge in [0.2, 0.25) is 5.43 Å². The number of fused-ring (bicyclic) bond motifs is 1. The summed E-state index contributed by atoms with van der Waals surface area (Å²) in [4.78, 5) is 33.5. The van der Waals surface area contributed by atoms with Crippen molar-refractivity contribution in [3.8, 4) is 0 Å². The second-order valence-corrected chi connectivity index (χ2v) is 9.20. The highest BCUT2D eigenvalue weighted by Gasteiger charge is 2.18. The lowest BCUT2D eigenvalue weighted by atomic mass is 10.0. The molecular formula is C27H24BrN3O3. The van der Waals surface area contributed by atoms with Gasteiger partial charge in [0.05, 0.1) is 36.5 Å². The molecule has 0 atom stereocenters. The Morgan fingerprint density at radius 1 is 0.941 bits per heavy atom. The Morgan fingerprint density at radius 3 is 2.47 bits per heavy atom. The number of ether oxygens (including phenoxy) is 1. The van der Waals surface area contributed by atoms with Crippen LogP contribution < -0.4 is 5.43 Å². The van der Waals surface area contributed by atoms with Crippen LogP contribution in [0, 0.1) is 0 Å². The molecule has 0 unspecified atom stereocenters. The smallest absolute Gasteiger partial charge is 0.200 e. The fourth-order valence-corrected chi connectivity index (χ4v) is 4.67. The number of hydrogen-bond acceptors (Lipinski definition) is 5. The molecule has 3 heterocycles. The Labute approximate surface area is 205 Å². The minimum atomic E-state index is -0.273. The minimum absolute atomic E-state index is 0.162. The summed E-state index contributed by atoms with van der Waals surface area (Å²) in [6.45, 7) is 4.58. The Morgan fingerprint density at radius 2 is 1.71 bits per heavy atom. The van der Waals surface area contributed by atoms with Crippen molar-refractivity contribution in [2.24, 2.45) is 0 Å². The number of rotatable bonds is 6. The summed E-state index contributed by atoms with van der Waals surface area (Å²) < 4.78 is 8.07. The van der Waals surface area contributed by atoms with Gasteiger partial charge in [-0.15, -0.1) is 0 Å². The van der Waals surface area contributed by atoms with Gasteiger partial charge in [-0.2, -0.15) is 0 Å². The predicted octanol–water partition coefficient (Wildman–Crippen LogP) is 4.27. The number of halogens is 1. The maximum absolute atomic E-state index is 13.4. The zero-order valence-corrected chi connectivity index (χ0v) is 20.2. The second-order valence-electron chi connectivity index (χ2n) is 8.38. The summed E-state index contributed by atoms with van der Waals surface area (Å²) in [7, 11) is 0. The molecule has 0 bridgehead atoms. The van der Waals surface area contributed by atoms with Crippen LogP contribution in [0.1, 0.15) is 27.2 Å². The molecule has 2 aromatic heterocycles. The molecule has 34 heavy (non-hydrogen) atoms. The van der Waals surface area contributed by atoms with Crippen LogP contribution in [0.2, 0.25) is 0 Å². The van der Waals surface area contributed by atoms with Crippen LogP contribution in [0.15, 0.2) is 82.3 Å². The van der Waals surface area contributed by atoms with Crippen LogP contribution >= 0.6 is 15.9 Å². The number of hydrogen-bond donors (Lipinski definition) is 0. The van der Waals surface area contributed by atoms with E-state index in [0.29, 0.717) is 17.5 Å². The number of carbonyl (C=O) groups excluding carboxylic acids is 1. The lowest BCUT2D eigenvalue weighted by Gasteiger charge is -2.26. The fourth-order valence-electron chi connectivity index (χ4n) is 4.29. The van der Waals surface area contributed by atoms with Crippen molar-refractivity contribution in [3.05, 3.63) is 110 Å². The van der Waals surface area contributed by atoms with Gasteiger partial charge in [0.25, 0.3) is 0 Å². The molecule has 4 aromatic rings. The van der Waals surface area contributed by atoms with E-state index in [1.54, 1.807) is 12.3 Å². The Kier molecular flexibility index (Phi) is 6.67. The summed E-state index contributed by atoms with van der Waals surface area (Å²) in [5, 5.41) is 0.521. The zero-order valence-electron chi connectivity index (χ0n) is 18.6. The summed E-state index contributed by atoms with van der Waals surface area (Å²) in [5.41, 5.74) is 3.15. The van der Waals surface area contributed by atoms with Gasteiger partial charge in [-0.05, 0) is 45.8 Å². The van der Waals surface area contributed by atoms with E-state index in [2.05, 4.69) is 25.8 Å². The fraction of sp³-hybridized carbons (Fsp3) is 0.222. The molecule has 6 nitrogen and oxygen atoms in total. The van der Waals surface area contributed by atoms with Gasteiger partial charge in [-0.3, -0.25) is 14.5 Å². The molecule has 0 spiro atoms. The molecule has 1 aliphatic rings. The van der Waals surface area contributed by atoms with E-state index in [1.807, 2.05) is 65.2 Å². The first-order chi connectivity index (χ1) is 16.6. The number of carbonyl (C=O) groups is 1. The number of ketones is 1. The van der Waals surface area contributed by atoms with E-state index in [-0.39, 0.29) is 16.8 Å². The number of para-hydroxylation sites is 1. The maximum Gasteiger partial charge on any atom is 0.200 e. The van der Waals surface area contributed by atoms with Crippen LogP contribution in [0.25, 0.3) is 10.9 Å². The highest BCUT2D eigenvalue weighted by atomic mass is 79.9. The maximum atomic E-state index is 13.4. The number of benzene rings is 2. The second kappa shape index (κ2) is 10.0. The molecule has 172 valence electrons. The van der Waals surface area contributed by atoms with Crippen molar-refractivity contribution >= 4 is 32.6 Å². The predicted molar refractivity (Wildman–Crippen MR) is 135 cm³/mol. The van der Waals surface area contributed by atoms with E-state index in [4.69, 9.17) is 4.74 Å². The standard InChI is InChI=1S/C27H24BrN3O3/c28-25-7-3-4-21(29-25)17-31-18-23(27(33)22-5-1-2-6-24(22)31)26(32)20-10-8-19(9-11-20)16-30-12-14-34-15-13-30/h1-11,18H,12-17H2. The first-order valence-corrected chi connectivity index (χ1v) is 12.1. The van der Waals surface area contributed by atoms with Crippen LogP contribution in [-0.2, 0) is 17.8 Å². The van der Waals surface area contributed by atoms with E-state index >= 15 is 0 Å². The number of morpholine rings is 1. The lowest BCUT2D eigenvalue weighted by molar-refractivity contribution is 0.0342. The highest BCUT2D eigenvalue weighted by Crippen LogP contribution is 2.18. The minimum Gasteiger partial charge on any atom is -0.379 e. The van der Waals surface area contributed by atoms with E-state index in [9.17, 15) is 9.59 Å². The summed E-state index contributed by atoms with van der Waals surface area (Å²) in [6.07, 6.45) is 1.66. The summed E-state index contributed by atoms with van der Waals surface area (Å²) in [5.74, 6) is -0.273. The molecule has 1 aliphatic heterocycles. The Hall–Kier alpha value is -3.13. The normalized spacial score (nSPS) is 14.4. The third-order valence-electron chi connectivity index (χ3n) is 6.06. The topological polar surface area (TPSA) is 64.4 Å². The molecular weight excluding hydrogens is 494 g/mol. The van der Waals surface area contributed by atoms with Crippen molar-refractivity contribution in [1.29, 1.82) is 0 Å². The molecule has 7 heteroatoms. The molecule has 1 fully saturated rings. The zero-order chi connectivity index (χ0) is 23.5. The lowest BCUT2D eigenvalue weighted by Crippen LogP contribution is -2.35. The van der Waals surface area contributed by atoms with E-state index < -0.39 is 0 Å². The number of nitrogens with zero attached hydrogens (tertiary/aromatic N) is 3.